The zero-order valence-corrected chi connectivity index (χ0v) is 12.1. The maximum Gasteiger partial charge on any atom is 0.228 e. The summed E-state index contributed by atoms with van der Waals surface area (Å²) in [5, 5.41) is 4.56. The van der Waals surface area contributed by atoms with E-state index in [2.05, 4.69) is 30.9 Å². The van der Waals surface area contributed by atoms with Gasteiger partial charge in [0, 0.05) is 18.0 Å². The van der Waals surface area contributed by atoms with Gasteiger partial charge in [0.25, 0.3) is 0 Å². The van der Waals surface area contributed by atoms with E-state index in [4.69, 9.17) is 21.9 Å². The summed E-state index contributed by atoms with van der Waals surface area (Å²) in [6.07, 6.45) is 0.557. The van der Waals surface area contributed by atoms with Crippen LogP contribution in [0.3, 0.4) is 0 Å². The summed E-state index contributed by atoms with van der Waals surface area (Å²) in [7, 11) is 0. The molecule has 102 valence electrons. The van der Waals surface area contributed by atoms with Gasteiger partial charge in [-0.25, -0.2) is 0 Å². The molecule has 0 spiro atoms. The SMILES string of the molecule is CC(C)(C)C(N)Cc1nc(-c2ccccc2Cl)no1. The molecule has 1 aromatic carbocycles. The summed E-state index contributed by atoms with van der Waals surface area (Å²) >= 11 is 6.10. The lowest BCUT2D eigenvalue weighted by Gasteiger charge is -2.25. The van der Waals surface area contributed by atoms with Crippen LogP contribution in [0.4, 0.5) is 0 Å². The van der Waals surface area contributed by atoms with E-state index in [1.165, 1.54) is 0 Å². The highest BCUT2D eigenvalue weighted by atomic mass is 35.5. The zero-order chi connectivity index (χ0) is 14.0. The first kappa shape index (κ1) is 14.0. The van der Waals surface area contributed by atoms with Crippen molar-refractivity contribution in [3.05, 3.63) is 35.2 Å². The maximum absolute atomic E-state index is 6.11. The third-order valence-corrected chi connectivity index (χ3v) is 3.42. The summed E-state index contributed by atoms with van der Waals surface area (Å²) in [5.41, 5.74) is 6.87. The predicted octanol–water partition coefficient (Wildman–Crippen LogP) is 3.31. The van der Waals surface area contributed by atoms with Gasteiger partial charge in [0.05, 0.1) is 5.02 Å². The first-order valence-corrected chi connectivity index (χ1v) is 6.59. The van der Waals surface area contributed by atoms with Gasteiger partial charge < -0.3 is 10.3 Å². The van der Waals surface area contributed by atoms with Crippen LogP contribution in [0.15, 0.2) is 28.8 Å². The van der Waals surface area contributed by atoms with Gasteiger partial charge in [0.2, 0.25) is 11.7 Å². The lowest BCUT2D eigenvalue weighted by atomic mass is 9.85. The van der Waals surface area contributed by atoms with Crippen molar-refractivity contribution >= 4 is 11.6 Å². The van der Waals surface area contributed by atoms with Crippen LogP contribution >= 0.6 is 11.6 Å². The quantitative estimate of drug-likeness (QED) is 0.936. The van der Waals surface area contributed by atoms with Crippen molar-refractivity contribution in [2.75, 3.05) is 0 Å². The third kappa shape index (κ3) is 3.33. The van der Waals surface area contributed by atoms with Gasteiger partial charge in [0.1, 0.15) is 0 Å². The van der Waals surface area contributed by atoms with E-state index >= 15 is 0 Å². The van der Waals surface area contributed by atoms with Crippen LogP contribution in [0.25, 0.3) is 11.4 Å². The van der Waals surface area contributed by atoms with Gasteiger partial charge in [-0.1, -0.05) is 49.7 Å². The fourth-order valence-corrected chi connectivity index (χ4v) is 1.80. The highest BCUT2D eigenvalue weighted by Gasteiger charge is 2.23. The van der Waals surface area contributed by atoms with Crippen molar-refractivity contribution < 1.29 is 4.52 Å². The van der Waals surface area contributed by atoms with E-state index in [1.807, 2.05) is 18.2 Å². The van der Waals surface area contributed by atoms with E-state index in [1.54, 1.807) is 6.07 Å². The number of rotatable bonds is 3. The van der Waals surface area contributed by atoms with Gasteiger partial charge in [-0.2, -0.15) is 4.98 Å². The number of nitrogens with two attached hydrogens (primary N) is 1. The van der Waals surface area contributed by atoms with Crippen molar-refractivity contribution in [1.82, 2.24) is 10.1 Å². The Kier molecular flexibility index (Phi) is 3.92. The fourth-order valence-electron chi connectivity index (χ4n) is 1.58. The first-order valence-electron chi connectivity index (χ1n) is 6.21. The molecule has 1 atom stereocenters. The largest absolute Gasteiger partial charge is 0.339 e. The molecule has 1 unspecified atom stereocenters. The highest BCUT2D eigenvalue weighted by molar-refractivity contribution is 6.33. The topological polar surface area (TPSA) is 64.9 Å². The zero-order valence-electron chi connectivity index (χ0n) is 11.4. The molecule has 2 aromatic rings. The van der Waals surface area contributed by atoms with Crippen LogP contribution in [-0.4, -0.2) is 16.2 Å². The summed E-state index contributed by atoms with van der Waals surface area (Å²) in [4.78, 5) is 4.35. The van der Waals surface area contributed by atoms with Gasteiger partial charge in [0.15, 0.2) is 0 Å². The molecule has 0 bridgehead atoms. The van der Waals surface area contributed by atoms with Gasteiger partial charge in [-0.05, 0) is 17.5 Å². The molecule has 0 aliphatic rings. The average molecular weight is 280 g/mol. The molecule has 2 N–H and O–H groups in total. The normalized spacial score (nSPS) is 13.5. The molecule has 0 radical (unpaired) electrons. The Morgan fingerprint density at radius 2 is 2.00 bits per heavy atom. The molecule has 2 rings (SSSR count). The minimum atomic E-state index is -0.0351. The van der Waals surface area contributed by atoms with Crippen LogP contribution in [0.2, 0.25) is 5.02 Å². The number of hydrogen-bond donors (Lipinski definition) is 1. The molecule has 0 amide bonds. The monoisotopic (exact) mass is 279 g/mol. The summed E-state index contributed by atoms with van der Waals surface area (Å²) in [5.74, 6) is 1.04. The van der Waals surface area contributed by atoms with Crippen molar-refractivity contribution in [2.24, 2.45) is 11.1 Å². The minimum absolute atomic E-state index is 0.000967. The molecule has 19 heavy (non-hydrogen) atoms. The lowest BCUT2D eigenvalue weighted by molar-refractivity contribution is 0.286. The molecule has 5 heteroatoms. The molecule has 0 aliphatic heterocycles. The summed E-state index contributed by atoms with van der Waals surface area (Å²) in [6, 6.07) is 7.38. The summed E-state index contributed by atoms with van der Waals surface area (Å²) < 4.78 is 5.24. The second kappa shape index (κ2) is 5.31. The van der Waals surface area contributed by atoms with Gasteiger partial charge >= 0.3 is 0 Å². The van der Waals surface area contributed by atoms with Crippen LogP contribution < -0.4 is 5.73 Å². The second-order valence-corrected chi connectivity index (χ2v) is 6.08. The highest BCUT2D eigenvalue weighted by Crippen LogP contribution is 2.26. The Hall–Kier alpha value is -1.39. The third-order valence-electron chi connectivity index (χ3n) is 3.09. The van der Waals surface area contributed by atoms with Crippen molar-refractivity contribution in [3.63, 3.8) is 0 Å². The molecular formula is C14H18ClN3O. The Morgan fingerprint density at radius 1 is 1.32 bits per heavy atom. The van der Waals surface area contributed by atoms with Crippen molar-refractivity contribution in [3.8, 4) is 11.4 Å². The van der Waals surface area contributed by atoms with E-state index < -0.39 is 0 Å². The van der Waals surface area contributed by atoms with Crippen LogP contribution in [-0.2, 0) is 6.42 Å². The number of hydrogen-bond acceptors (Lipinski definition) is 4. The number of benzene rings is 1. The lowest BCUT2D eigenvalue weighted by Crippen LogP contribution is -2.36. The Morgan fingerprint density at radius 3 is 2.63 bits per heavy atom. The van der Waals surface area contributed by atoms with Crippen molar-refractivity contribution in [2.45, 2.75) is 33.2 Å². The number of halogens is 1. The molecule has 1 aromatic heterocycles. The smallest absolute Gasteiger partial charge is 0.228 e. The van der Waals surface area contributed by atoms with Crippen LogP contribution in [0.1, 0.15) is 26.7 Å². The molecule has 0 saturated carbocycles. The summed E-state index contributed by atoms with van der Waals surface area (Å²) in [6.45, 7) is 6.26. The molecular weight excluding hydrogens is 262 g/mol. The standard InChI is InChI=1S/C14H18ClN3O/c1-14(2,3)11(16)8-12-17-13(18-19-12)9-6-4-5-7-10(9)15/h4-7,11H,8,16H2,1-3H3. The fraction of sp³-hybridized carbons (Fsp3) is 0.429. The predicted molar refractivity (Wildman–Crippen MR) is 75.9 cm³/mol. The Labute approximate surface area is 118 Å². The van der Waals surface area contributed by atoms with E-state index in [0.717, 1.165) is 5.56 Å². The van der Waals surface area contributed by atoms with Gasteiger partial charge in [-0.3, -0.25) is 0 Å². The minimum Gasteiger partial charge on any atom is -0.339 e. The number of nitrogens with zero attached hydrogens (tertiary/aromatic N) is 2. The van der Waals surface area contributed by atoms with E-state index in [-0.39, 0.29) is 11.5 Å². The molecule has 0 saturated heterocycles. The average Bonchev–Trinajstić information content (AvgIpc) is 2.76. The Balaban J connectivity index is 2.19. The van der Waals surface area contributed by atoms with Crippen molar-refractivity contribution in [1.29, 1.82) is 0 Å². The second-order valence-electron chi connectivity index (χ2n) is 5.67. The van der Waals surface area contributed by atoms with Gasteiger partial charge in [-0.15, -0.1) is 0 Å². The molecule has 4 nitrogen and oxygen atoms in total. The molecule has 0 aliphatic carbocycles. The number of aromatic nitrogens is 2. The Bertz CT molecular complexity index is 560. The maximum atomic E-state index is 6.11. The van der Waals surface area contributed by atoms with Crippen LogP contribution in [0, 0.1) is 5.41 Å². The van der Waals surface area contributed by atoms with E-state index in [9.17, 15) is 0 Å². The van der Waals surface area contributed by atoms with E-state index in [0.29, 0.717) is 23.2 Å². The van der Waals surface area contributed by atoms with Crippen LogP contribution in [0.5, 0.6) is 0 Å². The molecule has 1 heterocycles. The first-order chi connectivity index (χ1) is 8.88. The molecule has 0 fully saturated rings.